The number of hydrogen-bond acceptors (Lipinski definition) is 5. The van der Waals surface area contributed by atoms with Crippen LogP contribution < -0.4 is 15.7 Å². The van der Waals surface area contributed by atoms with Gasteiger partial charge in [0.25, 0.3) is 0 Å². The molecule has 0 bridgehead atoms. The monoisotopic (exact) mass is 439 g/mol. The Morgan fingerprint density at radius 3 is 2.36 bits per heavy atom. The maximum absolute atomic E-state index is 12.6. The molecule has 0 spiro atoms. The molecule has 0 aliphatic carbocycles. The fourth-order valence-electron chi connectivity index (χ4n) is 4.43. The van der Waals surface area contributed by atoms with E-state index in [0.29, 0.717) is 24.9 Å². The summed E-state index contributed by atoms with van der Waals surface area (Å²) in [5, 5.41) is 4.40. The van der Waals surface area contributed by atoms with Gasteiger partial charge < -0.3 is 10.1 Å². The highest BCUT2D eigenvalue weighted by Crippen LogP contribution is 2.28. The topological polar surface area (TPSA) is 73.2 Å². The van der Waals surface area contributed by atoms with Gasteiger partial charge in [-0.15, -0.1) is 0 Å². The summed E-state index contributed by atoms with van der Waals surface area (Å²) in [4.78, 5) is 29.3. The summed E-state index contributed by atoms with van der Waals surface area (Å²) in [7, 11) is 1.63. The molecular formula is C27H25N3O3. The summed E-state index contributed by atoms with van der Waals surface area (Å²) in [5.41, 5.74) is 3.59. The number of anilines is 1. The van der Waals surface area contributed by atoms with Crippen molar-refractivity contribution in [1.29, 1.82) is 0 Å². The first-order valence-corrected chi connectivity index (χ1v) is 11.1. The van der Waals surface area contributed by atoms with E-state index in [1.54, 1.807) is 11.7 Å². The van der Waals surface area contributed by atoms with Gasteiger partial charge in [-0.2, -0.15) is 4.98 Å². The molecule has 3 aromatic carbocycles. The lowest BCUT2D eigenvalue weighted by molar-refractivity contribution is -0.117. The fraction of sp³-hybridized carbons (Fsp3) is 0.222. The summed E-state index contributed by atoms with van der Waals surface area (Å²) in [6.45, 7) is 1.32. The van der Waals surface area contributed by atoms with Crippen molar-refractivity contribution in [3.8, 4) is 5.75 Å². The van der Waals surface area contributed by atoms with Crippen LogP contribution in [-0.2, 0) is 24.2 Å². The third-order valence-corrected chi connectivity index (χ3v) is 6.21. The molecule has 33 heavy (non-hydrogen) atoms. The number of hydrogen-bond donors (Lipinski definition) is 1. The molecule has 1 atom stereocenters. The first-order valence-electron chi connectivity index (χ1n) is 11.1. The number of carbonyl (C=O) groups is 1. The Balaban J connectivity index is 1.27. The summed E-state index contributed by atoms with van der Waals surface area (Å²) >= 11 is 0. The van der Waals surface area contributed by atoms with Crippen LogP contribution in [0.2, 0.25) is 0 Å². The van der Waals surface area contributed by atoms with Gasteiger partial charge in [-0.05, 0) is 41.0 Å². The van der Waals surface area contributed by atoms with Gasteiger partial charge in [0, 0.05) is 37.2 Å². The molecule has 6 nitrogen and oxygen atoms in total. The molecule has 5 rings (SSSR count). The Bertz CT molecular complexity index is 1360. The van der Waals surface area contributed by atoms with Gasteiger partial charge in [0.15, 0.2) is 0 Å². The van der Waals surface area contributed by atoms with E-state index in [4.69, 9.17) is 4.74 Å². The molecule has 166 valence electrons. The summed E-state index contributed by atoms with van der Waals surface area (Å²) in [5.74, 6) is 1.95. The lowest BCUT2D eigenvalue weighted by Crippen LogP contribution is -2.35. The van der Waals surface area contributed by atoms with Crippen molar-refractivity contribution >= 4 is 22.5 Å². The first-order chi connectivity index (χ1) is 16.1. The Morgan fingerprint density at radius 2 is 1.67 bits per heavy atom. The highest BCUT2D eigenvalue weighted by molar-refractivity contribution is 5.89. The van der Waals surface area contributed by atoms with Crippen LogP contribution in [0.5, 0.6) is 5.75 Å². The van der Waals surface area contributed by atoms with E-state index in [9.17, 15) is 9.59 Å². The van der Waals surface area contributed by atoms with E-state index < -0.39 is 0 Å². The molecule has 1 N–H and O–H groups in total. The number of ketones is 1. The fourth-order valence-corrected chi connectivity index (χ4v) is 4.43. The number of aromatic nitrogens is 2. The van der Waals surface area contributed by atoms with Crippen molar-refractivity contribution in [2.24, 2.45) is 0 Å². The first kappa shape index (κ1) is 20.9. The van der Waals surface area contributed by atoms with Gasteiger partial charge >= 0.3 is 5.69 Å². The number of rotatable bonds is 6. The number of ether oxygens (including phenoxy) is 1. The molecule has 0 radical (unpaired) electrons. The van der Waals surface area contributed by atoms with E-state index in [0.717, 1.165) is 40.2 Å². The molecule has 0 saturated heterocycles. The molecule has 0 saturated carbocycles. The van der Waals surface area contributed by atoms with E-state index in [2.05, 4.69) is 22.4 Å². The number of para-hydroxylation sites is 1. The molecule has 1 aromatic heterocycles. The van der Waals surface area contributed by atoms with E-state index >= 15 is 0 Å². The van der Waals surface area contributed by atoms with Crippen molar-refractivity contribution < 1.29 is 9.53 Å². The quantitative estimate of drug-likeness (QED) is 0.492. The second-order valence-electron chi connectivity index (χ2n) is 8.43. The van der Waals surface area contributed by atoms with Gasteiger partial charge in [0.2, 0.25) is 0 Å². The Kier molecular flexibility index (Phi) is 5.65. The predicted molar refractivity (Wildman–Crippen MR) is 129 cm³/mol. The molecule has 1 aliphatic rings. The number of benzene rings is 3. The number of nitrogens with one attached hydrogen (secondary N) is 1. The van der Waals surface area contributed by atoms with Crippen LogP contribution in [0, 0.1) is 0 Å². The normalized spacial score (nSPS) is 15.0. The van der Waals surface area contributed by atoms with Crippen molar-refractivity contribution in [3.05, 3.63) is 100.0 Å². The number of nitrogens with zero attached hydrogens (tertiary/aromatic N) is 2. The lowest BCUT2D eigenvalue weighted by atomic mass is 9.94. The maximum Gasteiger partial charge on any atom is 0.349 e. The zero-order valence-corrected chi connectivity index (χ0v) is 18.5. The van der Waals surface area contributed by atoms with Crippen LogP contribution in [0.1, 0.15) is 22.6 Å². The minimum absolute atomic E-state index is 0.155. The highest BCUT2D eigenvalue weighted by atomic mass is 16.5. The minimum atomic E-state index is -0.235. The standard InChI is InChI=1S/C27H25N3O3/c1-33-23-12-8-19(9-13-23)15-22(31)14-18-6-10-20(11-7-18)21-16-28-26-24-4-2-3-5-25(24)29-27(32)30(26)17-21/h2-13,21,28H,14-17H2,1H3. The lowest BCUT2D eigenvalue weighted by Gasteiger charge is -2.28. The summed E-state index contributed by atoms with van der Waals surface area (Å²) in [6, 6.07) is 23.4. The molecule has 1 unspecified atom stereocenters. The van der Waals surface area contributed by atoms with Gasteiger partial charge in [0.05, 0.1) is 12.6 Å². The largest absolute Gasteiger partial charge is 0.497 e. The number of Topliss-reactive ketones (excluding diaryl/α,β-unsaturated/α-hetero) is 1. The maximum atomic E-state index is 12.6. The highest BCUT2D eigenvalue weighted by Gasteiger charge is 2.23. The molecule has 4 aromatic rings. The number of methoxy groups -OCH3 is 1. The molecule has 0 fully saturated rings. The average molecular weight is 440 g/mol. The molecule has 2 heterocycles. The van der Waals surface area contributed by atoms with Gasteiger partial charge in [-0.3, -0.25) is 9.36 Å². The van der Waals surface area contributed by atoms with Gasteiger partial charge in [0.1, 0.15) is 17.4 Å². The Labute approximate surface area is 191 Å². The van der Waals surface area contributed by atoms with Gasteiger partial charge in [-0.1, -0.05) is 48.5 Å². The second-order valence-corrected chi connectivity index (χ2v) is 8.43. The molecule has 0 amide bonds. The molecule has 6 heteroatoms. The summed E-state index contributed by atoms with van der Waals surface area (Å²) < 4.78 is 6.89. The Morgan fingerprint density at radius 1 is 1.00 bits per heavy atom. The van der Waals surface area contributed by atoms with Crippen molar-refractivity contribution in [2.75, 3.05) is 19.0 Å². The smallest absolute Gasteiger partial charge is 0.349 e. The van der Waals surface area contributed by atoms with Crippen molar-refractivity contribution in [1.82, 2.24) is 9.55 Å². The third kappa shape index (κ3) is 4.37. The van der Waals surface area contributed by atoms with Crippen LogP contribution in [0.15, 0.2) is 77.6 Å². The van der Waals surface area contributed by atoms with Crippen molar-refractivity contribution in [3.63, 3.8) is 0 Å². The predicted octanol–water partition coefficient (Wildman–Crippen LogP) is 3.97. The number of fused-ring (bicyclic) bond motifs is 3. The number of carbonyl (C=O) groups excluding carboxylic acids is 1. The van der Waals surface area contributed by atoms with Crippen LogP contribution in [0.4, 0.5) is 5.82 Å². The minimum Gasteiger partial charge on any atom is -0.497 e. The van der Waals surface area contributed by atoms with Crippen LogP contribution in [0.3, 0.4) is 0 Å². The SMILES string of the molecule is COc1ccc(CC(=O)Cc2ccc(C3CNc4c5ccccc5nc(=O)n4C3)cc2)cc1. The molecular weight excluding hydrogens is 414 g/mol. The van der Waals surface area contributed by atoms with Crippen LogP contribution in [-0.4, -0.2) is 29.0 Å². The van der Waals surface area contributed by atoms with E-state index in [-0.39, 0.29) is 17.4 Å². The molecule has 1 aliphatic heterocycles. The van der Waals surface area contributed by atoms with Crippen LogP contribution >= 0.6 is 0 Å². The van der Waals surface area contributed by atoms with E-state index in [1.165, 1.54) is 0 Å². The van der Waals surface area contributed by atoms with Gasteiger partial charge in [-0.25, -0.2) is 4.79 Å². The van der Waals surface area contributed by atoms with Crippen molar-refractivity contribution in [2.45, 2.75) is 25.3 Å². The van der Waals surface area contributed by atoms with E-state index in [1.807, 2.05) is 60.7 Å². The zero-order chi connectivity index (χ0) is 22.8. The van der Waals surface area contributed by atoms with Crippen LogP contribution in [0.25, 0.3) is 10.9 Å². The summed E-state index contributed by atoms with van der Waals surface area (Å²) in [6.07, 6.45) is 0.798. The average Bonchev–Trinajstić information content (AvgIpc) is 2.85. The second kappa shape index (κ2) is 8.90. The Hall–Kier alpha value is -3.93. The third-order valence-electron chi connectivity index (χ3n) is 6.21. The zero-order valence-electron chi connectivity index (χ0n) is 18.5.